The molecule has 0 amide bonds. The Bertz CT molecular complexity index is 1200. The number of hydrogen-bond acceptors (Lipinski definition) is 0. The summed E-state index contributed by atoms with van der Waals surface area (Å²) in [6, 6.07) is 39.5. The molecule has 31 heavy (non-hydrogen) atoms. The van der Waals surface area contributed by atoms with Gasteiger partial charge in [0.25, 0.3) is 0 Å². The number of rotatable bonds is 2. The summed E-state index contributed by atoms with van der Waals surface area (Å²) in [5.74, 6) is 0. The van der Waals surface area contributed by atoms with Crippen LogP contribution in [0.15, 0.2) is 109 Å². The lowest BCUT2D eigenvalue weighted by atomic mass is 9.73. The molecule has 0 saturated carbocycles. The molecule has 0 saturated heterocycles. The Labute approximate surface area is 184 Å². The van der Waals surface area contributed by atoms with Gasteiger partial charge in [0.2, 0.25) is 0 Å². The molecule has 0 heteroatoms. The van der Waals surface area contributed by atoms with E-state index >= 15 is 0 Å². The van der Waals surface area contributed by atoms with Crippen LogP contribution < -0.4 is 0 Å². The lowest BCUT2D eigenvalue weighted by Crippen LogP contribution is -2.20. The molecule has 4 aromatic carbocycles. The molecule has 0 radical (unpaired) electrons. The Kier molecular flexibility index (Phi) is 4.25. The first-order valence-electron chi connectivity index (χ1n) is 11.0. The maximum atomic E-state index is 2.43. The maximum Gasteiger partial charge on any atom is 0.0296 e. The van der Waals surface area contributed by atoms with E-state index in [9.17, 15) is 0 Å². The van der Waals surface area contributed by atoms with Crippen LogP contribution in [0.25, 0.3) is 23.3 Å². The van der Waals surface area contributed by atoms with E-state index in [-0.39, 0.29) is 5.41 Å². The summed E-state index contributed by atoms with van der Waals surface area (Å²) < 4.78 is 0. The van der Waals surface area contributed by atoms with E-state index in [0.717, 1.165) is 12.8 Å². The van der Waals surface area contributed by atoms with Gasteiger partial charge in [0.05, 0.1) is 0 Å². The minimum atomic E-state index is -0.0287. The Balaban J connectivity index is 1.62. The number of hydrogen-bond donors (Lipinski definition) is 0. The highest BCUT2D eigenvalue weighted by Gasteiger charge is 2.49. The predicted octanol–water partition coefficient (Wildman–Crippen LogP) is 7.57. The Hall–Kier alpha value is -3.64. The first kappa shape index (κ1) is 18.2. The molecule has 6 rings (SSSR count). The molecule has 0 aliphatic heterocycles. The molecule has 0 nitrogen and oxygen atoms in total. The molecule has 0 atom stereocenters. The third-order valence-corrected chi connectivity index (χ3v) is 6.85. The molecule has 1 spiro atoms. The van der Waals surface area contributed by atoms with Crippen LogP contribution in [-0.4, -0.2) is 0 Å². The van der Waals surface area contributed by atoms with Crippen molar-refractivity contribution in [3.05, 3.63) is 143 Å². The van der Waals surface area contributed by atoms with Crippen molar-refractivity contribution in [1.29, 1.82) is 0 Å². The van der Waals surface area contributed by atoms with Crippen LogP contribution in [0.3, 0.4) is 0 Å². The molecule has 2 aliphatic carbocycles. The van der Waals surface area contributed by atoms with Gasteiger partial charge >= 0.3 is 0 Å². The standard InChI is InChI=1S/C31H24/c1-3-11-23(12-4-1)19-29-27-17-9-7-15-25(27)21-31(29)22-26-16-8-10-18-28(26)30(31)20-24-13-5-2-6-14-24/h1-20H,21-22H2/b29-19+,30-20+. The van der Waals surface area contributed by atoms with Crippen molar-refractivity contribution in [3.8, 4) is 0 Å². The fourth-order valence-electron chi connectivity index (χ4n) is 5.49. The summed E-state index contributed by atoms with van der Waals surface area (Å²) in [5.41, 5.74) is 11.1. The van der Waals surface area contributed by atoms with Gasteiger partial charge in [0.1, 0.15) is 0 Å². The van der Waals surface area contributed by atoms with Crippen LogP contribution >= 0.6 is 0 Å². The Morgan fingerprint density at radius 1 is 0.452 bits per heavy atom. The zero-order valence-electron chi connectivity index (χ0n) is 17.5. The highest BCUT2D eigenvalue weighted by Crippen LogP contribution is 2.61. The SMILES string of the molecule is C(=C1/c2ccccc2CC12Cc1ccccc1/C2=C\c1ccccc1)/c1ccccc1. The molecule has 0 heterocycles. The smallest absolute Gasteiger partial charge is 0.0296 e. The van der Waals surface area contributed by atoms with Gasteiger partial charge < -0.3 is 0 Å². The van der Waals surface area contributed by atoms with Crippen molar-refractivity contribution in [3.63, 3.8) is 0 Å². The third-order valence-electron chi connectivity index (χ3n) is 6.85. The maximum absolute atomic E-state index is 2.43. The topological polar surface area (TPSA) is 0 Å². The summed E-state index contributed by atoms with van der Waals surface area (Å²) in [6.45, 7) is 0. The third kappa shape index (κ3) is 2.99. The Morgan fingerprint density at radius 2 is 0.839 bits per heavy atom. The molecule has 0 unspecified atom stereocenters. The zero-order chi connectivity index (χ0) is 20.7. The number of fused-ring (bicyclic) bond motifs is 2. The van der Waals surface area contributed by atoms with Crippen molar-refractivity contribution in [2.45, 2.75) is 12.8 Å². The molecule has 4 aromatic rings. The molecule has 0 N–H and O–H groups in total. The van der Waals surface area contributed by atoms with Crippen molar-refractivity contribution < 1.29 is 0 Å². The number of allylic oxidation sites excluding steroid dienone is 2. The van der Waals surface area contributed by atoms with E-state index in [4.69, 9.17) is 0 Å². The fraction of sp³-hybridized carbons (Fsp3) is 0.0968. The quantitative estimate of drug-likeness (QED) is 0.328. The minimum Gasteiger partial charge on any atom is -0.0622 e. The van der Waals surface area contributed by atoms with Crippen molar-refractivity contribution in [1.82, 2.24) is 0 Å². The van der Waals surface area contributed by atoms with Crippen molar-refractivity contribution in [2.24, 2.45) is 5.41 Å². The normalized spacial score (nSPS) is 18.5. The highest BCUT2D eigenvalue weighted by atomic mass is 14.5. The second kappa shape index (κ2) is 7.25. The number of benzene rings is 4. The zero-order valence-corrected chi connectivity index (χ0v) is 17.5. The molecule has 0 bridgehead atoms. The van der Waals surface area contributed by atoms with Gasteiger partial charge in [-0.1, -0.05) is 121 Å². The molecule has 148 valence electrons. The first-order valence-corrected chi connectivity index (χ1v) is 11.0. The van der Waals surface area contributed by atoms with Gasteiger partial charge in [-0.2, -0.15) is 0 Å². The predicted molar refractivity (Wildman–Crippen MR) is 131 cm³/mol. The fourth-order valence-corrected chi connectivity index (χ4v) is 5.49. The van der Waals surface area contributed by atoms with Crippen LogP contribution in [0.2, 0.25) is 0 Å². The molecule has 0 aromatic heterocycles. The lowest BCUT2D eigenvalue weighted by molar-refractivity contribution is 0.573. The first-order chi connectivity index (χ1) is 15.3. The van der Waals surface area contributed by atoms with Crippen LogP contribution in [0.1, 0.15) is 33.4 Å². The summed E-state index contributed by atoms with van der Waals surface area (Å²) in [7, 11) is 0. The van der Waals surface area contributed by atoms with Crippen molar-refractivity contribution >= 4 is 23.3 Å². The van der Waals surface area contributed by atoms with E-state index in [1.165, 1.54) is 44.5 Å². The van der Waals surface area contributed by atoms with Crippen LogP contribution in [0.5, 0.6) is 0 Å². The average Bonchev–Trinajstić information content (AvgIpc) is 3.30. The summed E-state index contributed by atoms with van der Waals surface area (Å²) in [6.07, 6.45) is 6.96. The van der Waals surface area contributed by atoms with Gasteiger partial charge in [-0.3, -0.25) is 0 Å². The second-order valence-electron chi connectivity index (χ2n) is 8.69. The van der Waals surface area contributed by atoms with Gasteiger partial charge in [-0.05, 0) is 57.4 Å². The summed E-state index contributed by atoms with van der Waals surface area (Å²) in [4.78, 5) is 0. The van der Waals surface area contributed by atoms with E-state index in [1.807, 2.05) is 0 Å². The van der Waals surface area contributed by atoms with Crippen LogP contribution in [0.4, 0.5) is 0 Å². The van der Waals surface area contributed by atoms with E-state index < -0.39 is 0 Å². The largest absolute Gasteiger partial charge is 0.0622 e. The minimum absolute atomic E-state index is 0.0287. The van der Waals surface area contributed by atoms with E-state index in [2.05, 4.69) is 121 Å². The molecule has 2 aliphatic rings. The highest BCUT2D eigenvalue weighted by molar-refractivity contribution is 6.04. The average molecular weight is 397 g/mol. The van der Waals surface area contributed by atoms with Gasteiger partial charge in [0, 0.05) is 5.41 Å². The summed E-state index contributed by atoms with van der Waals surface area (Å²) in [5, 5.41) is 0. The summed E-state index contributed by atoms with van der Waals surface area (Å²) >= 11 is 0. The monoisotopic (exact) mass is 396 g/mol. The van der Waals surface area contributed by atoms with Gasteiger partial charge in [-0.25, -0.2) is 0 Å². The molecular formula is C31H24. The lowest BCUT2D eigenvalue weighted by Gasteiger charge is -2.29. The van der Waals surface area contributed by atoms with Gasteiger partial charge in [-0.15, -0.1) is 0 Å². The van der Waals surface area contributed by atoms with Gasteiger partial charge in [0.15, 0.2) is 0 Å². The molecule has 0 fully saturated rings. The van der Waals surface area contributed by atoms with E-state index in [1.54, 1.807) is 0 Å². The molecular weight excluding hydrogens is 372 g/mol. The van der Waals surface area contributed by atoms with Crippen molar-refractivity contribution in [2.75, 3.05) is 0 Å². The second-order valence-corrected chi connectivity index (χ2v) is 8.69. The van der Waals surface area contributed by atoms with Crippen LogP contribution in [0, 0.1) is 5.41 Å². The Morgan fingerprint density at radius 3 is 1.29 bits per heavy atom. The van der Waals surface area contributed by atoms with E-state index in [0.29, 0.717) is 0 Å². The van der Waals surface area contributed by atoms with Crippen LogP contribution in [-0.2, 0) is 12.8 Å².